The Hall–Kier alpha value is -1.88. The van der Waals surface area contributed by atoms with Gasteiger partial charge in [0.15, 0.2) is 6.10 Å². The normalized spacial score (nSPS) is 21.6. The van der Waals surface area contributed by atoms with Crippen LogP contribution in [0.2, 0.25) is 0 Å². The van der Waals surface area contributed by atoms with Gasteiger partial charge in [-0.1, -0.05) is 30.3 Å². The van der Waals surface area contributed by atoms with E-state index in [9.17, 15) is 9.59 Å². The van der Waals surface area contributed by atoms with Crippen molar-refractivity contribution in [1.29, 1.82) is 0 Å². The van der Waals surface area contributed by atoms with Gasteiger partial charge in [-0.25, -0.2) is 4.79 Å². The molecule has 2 atom stereocenters. The molecule has 0 spiro atoms. The third kappa shape index (κ3) is 4.06. The Morgan fingerprint density at radius 1 is 1.20 bits per heavy atom. The summed E-state index contributed by atoms with van der Waals surface area (Å²) >= 11 is 0. The third-order valence-corrected chi connectivity index (χ3v) is 3.37. The van der Waals surface area contributed by atoms with Crippen LogP contribution < -0.4 is 5.32 Å². The van der Waals surface area contributed by atoms with Crippen LogP contribution in [0.4, 0.5) is 0 Å². The Kier molecular flexibility index (Phi) is 5.12. The van der Waals surface area contributed by atoms with E-state index in [0.717, 1.165) is 12.8 Å². The number of aliphatic carboxylic acids is 1. The van der Waals surface area contributed by atoms with Crippen LogP contribution >= 0.6 is 0 Å². The van der Waals surface area contributed by atoms with E-state index < -0.39 is 18.2 Å². The number of carboxylic acids is 1. The molecule has 0 aromatic heterocycles. The number of ether oxygens (including phenoxy) is 1. The highest BCUT2D eigenvalue weighted by Gasteiger charge is 2.34. The Morgan fingerprint density at radius 2 is 1.90 bits per heavy atom. The molecular weight excluding hydrogens is 258 g/mol. The van der Waals surface area contributed by atoms with Gasteiger partial charge in [0.2, 0.25) is 5.91 Å². The number of rotatable bonds is 6. The van der Waals surface area contributed by atoms with Crippen LogP contribution in [0.1, 0.15) is 24.8 Å². The smallest absolute Gasteiger partial charge is 0.332 e. The first kappa shape index (κ1) is 14.5. The molecule has 108 valence electrons. The van der Waals surface area contributed by atoms with Gasteiger partial charge in [-0.05, 0) is 31.2 Å². The second kappa shape index (κ2) is 7.05. The van der Waals surface area contributed by atoms with Gasteiger partial charge >= 0.3 is 5.97 Å². The standard InChI is InChI=1S/C15H19NO4/c17-14(12-8-9-13(20-12)15(18)19)16-10-4-7-11-5-2-1-3-6-11/h1-3,5-6,12-13H,4,7-10H2,(H,16,17)(H,18,19)/t12-,13+/m0/s1. The average Bonchev–Trinajstić information content (AvgIpc) is 2.94. The van der Waals surface area contributed by atoms with Crippen molar-refractivity contribution in [2.45, 2.75) is 37.9 Å². The summed E-state index contributed by atoms with van der Waals surface area (Å²) in [5.41, 5.74) is 1.24. The van der Waals surface area contributed by atoms with Crippen molar-refractivity contribution >= 4 is 11.9 Å². The van der Waals surface area contributed by atoms with Gasteiger partial charge in [0.05, 0.1) is 0 Å². The maximum absolute atomic E-state index is 11.8. The summed E-state index contributed by atoms with van der Waals surface area (Å²) in [6.45, 7) is 0.575. The Labute approximate surface area is 117 Å². The minimum absolute atomic E-state index is 0.207. The molecule has 2 N–H and O–H groups in total. The van der Waals surface area contributed by atoms with Crippen molar-refractivity contribution in [3.05, 3.63) is 35.9 Å². The van der Waals surface area contributed by atoms with Crippen molar-refractivity contribution in [1.82, 2.24) is 5.32 Å². The lowest BCUT2D eigenvalue weighted by Gasteiger charge is -2.11. The van der Waals surface area contributed by atoms with E-state index in [1.165, 1.54) is 5.56 Å². The van der Waals surface area contributed by atoms with E-state index in [4.69, 9.17) is 9.84 Å². The molecule has 1 saturated heterocycles. The molecule has 1 fully saturated rings. The molecule has 1 amide bonds. The number of benzene rings is 1. The summed E-state index contributed by atoms with van der Waals surface area (Å²) in [6.07, 6.45) is 1.18. The van der Waals surface area contributed by atoms with E-state index in [-0.39, 0.29) is 5.91 Å². The molecule has 0 unspecified atom stereocenters. The molecule has 0 saturated carbocycles. The quantitative estimate of drug-likeness (QED) is 0.770. The number of hydrogen-bond donors (Lipinski definition) is 2. The summed E-state index contributed by atoms with van der Waals surface area (Å²) in [6, 6.07) is 10.1. The van der Waals surface area contributed by atoms with Crippen LogP contribution in [0.5, 0.6) is 0 Å². The largest absolute Gasteiger partial charge is 0.479 e. The minimum atomic E-state index is -0.996. The monoisotopic (exact) mass is 277 g/mol. The first-order valence-corrected chi connectivity index (χ1v) is 6.86. The SMILES string of the molecule is O=C(NCCCc1ccccc1)[C@@H]1CC[C@H](C(=O)O)O1. The zero-order valence-corrected chi connectivity index (χ0v) is 11.2. The molecule has 0 aliphatic carbocycles. The van der Waals surface area contributed by atoms with Crippen molar-refractivity contribution in [2.24, 2.45) is 0 Å². The van der Waals surface area contributed by atoms with Crippen molar-refractivity contribution in [2.75, 3.05) is 6.54 Å². The molecule has 0 radical (unpaired) electrons. The molecule has 5 heteroatoms. The fraction of sp³-hybridized carbons (Fsp3) is 0.467. The van der Waals surface area contributed by atoms with Crippen molar-refractivity contribution in [3.8, 4) is 0 Å². The van der Waals surface area contributed by atoms with Gasteiger partial charge in [-0.3, -0.25) is 4.79 Å². The fourth-order valence-electron chi connectivity index (χ4n) is 2.27. The van der Waals surface area contributed by atoms with Gasteiger partial charge in [0.25, 0.3) is 0 Å². The highest BCUT2D eigenvalue weighted by Crippen LogP contribution is 2.19. The second-order valence-corrected chi connectivity index (χ2v) is 4.91. The van der Waals surface area contributed by atoms with Gasteiger partial charge in [0, 0.05) is 6.54 Å². The van der Waals surface area contributed by atoms with Crippen LogP contribution in [-0.4, -0.2) is 35.7 Å². The zero-order valence-electron chi connectivity index (χ0n) is 11.2. The van der Waals surface area contributed by atoms with Crippen LogP contribution in [0.15, 0.2) is 30.3 Å². The van der Waals surface area contributed by atoms with E-state index >= 15 is 0 Å². The number of nitrogens with one attached hydrogen (secondary N) is 1. The topological polar surface area (TPSA) is 75.6 Å². The van der Waals surface area contributed by atoms with Crippen molar-refractivity contribution in [3.63, 3.8) is 0 Å². The minimum Gasteiger partial charge on any atom is -0.479 e. The average molecular weight is 277 g/mol. The lowest BCUT2D eigenvalue weighted by atomic mass is 10.1. The lowest BCUT2D eigenvalue weighted by Crippen LogP contribution is -2.36. The van der Waals surface area contributed by atoms with Crippen LogP contribution in [-0.2, 0) is 20.7 Å². The first-order valence-electron chi connectivity index (χ1n) is 6.86. The van der Waals surface area contributed by atoms with Gasteiger partial charge < -0.3 is 15.2 Å². The molecule has 2 rings (SSSR count). The molecule has 20 heavy (non-hydrogen) atoms. The van der Waals surface area contributed by atoms with Crippen LogP contribution in [0, 0.1) is 0 Å². The van der Waals surface area contributed by atoms with Gasteiger partial charge in [0.1, 0.15) is 6.10 Å². The van der Waals surface area contributed by atoms with E-state index in [2.05, 4.69) is 17.4 Å². The summed E-state index contributed by atoms with van der Waals surface area (Å²) in [7, 11) is 0. The highest BCUT2D eigenvalue weighted by atomic mass is 16.5. The Balaban J connectivity index is 1.65. The predicted molar refractivity (Wildman–Crippen MR) is 73.3 cm³/mol. The molecule has 1 aromatic carbocycles. The highest BCUT2D eigenvalue weighted by molar-refractivity contribution is 5.82. The maximum atomic E-state index is 11.8. The fourth-order valence-corrected chi connectivity index (χ4v) is 2.27. The van der Waals surface area contributed by atoms with Gasteiger partial charge in [-0.15, -0.1) is 0 Å². The first-order chi connectivity index (χ1) is 9.66. The summed E-state index contributed by atoms with van der Waals surface area (Å²) in [4.78, 5) is 22.5. The van der Waals surface area contributed by atoms with Crippen LogP contribution in [0.3, 0.4) is 0 Å². The molecule has 1 aliphatic rings. The summed E-state index contributed by atoms with van der Waals surface area (Å²) in [5, 5.41) is 11.6. The second-order valence-electron chi connectivity index (χ2n) is 4.91. The number of amides is 1. The molecule has 1 heterocycles. The Morgan fingerprint density at radius 3 is 2.55 bits per heavy atom. The van der Waals surface area contributed by atoms with Crippen molar-refractivity contribution < 1.29 is 19.4 Å². The maximum Gasteiger partial charge on any atom is 0.332 e. The number of aryl methyl sites for hydroxylation is 1. The Bertz CT molecular complexity index is 460. The molecule has 5 nitrogen and oxygen atoms in total. The zero-order chi connectivity index (χ0) is 14.4. The predicted octanol–water partition coefficient (Wildman–Crippen LogP) is 1.37. The molecular formula is C15H19NO4. The van der Waals surface area contributed by atoms with E-state index in [1.807, 2.05) is 18.2 Å². The summed E-state index contributed by atoms with van der Waals surface area (Å²) in [5.74, 6) is -1.20. The number of carbonyl (C=O) groups excluding carboxylic acids is 1. The number of carboxylic acid groups (broad SMARTS) is 1. The third-order valence-electron chi connectivity index (χ3n) is 3.37. The number of hydrogen-bond acceptors (Lipinski definition) is 3. The molecule has 1 aliphatic heterocycles. The summed E-state index contributed by atoms with van der Waals surface area (Å²) < 4.78 is 5.19. The lowest BCUT2D eigenvalue weighted by molar-refractivity contribution is -0.151. The van der Waals surface area contributed by atoms with E-state index in [0.29, 0.717) is 19.4 Å². The molecule has 0 bridgehead atoms. The number of carbonyl (C=O) groups is 2. The molecule has 1 aromatic rings. The van der Waals surface area contributed by atoms with E-state index in [1.54, 1.807) is 0 Å². The van der Waals surface area contributed by atoms with Gasteiger partial charge in [-0.2, -0.15) is 0 Å². The van der Waals surface area contributed by atoms with Crippen LogP contribution in [0.25, 0.3) is 0 Å².